The first-order valence-electron chi connectivity index (χ1n) is 7.50. The van der Waals surface area contributed by atoms with Crippen LogP contribution in [-0.2, 0) is 0 Å². The molecule has 0 aliphatic rings. The zero-order valence-electron chi connectivity index (χ0n) is 12.9. The minimum atomic E-state index is 0.973. The summed E-state index contributed by atoms with van der Waals surface area (Å²) in [5, 5.41) is 3.50. The number of halogens is 1. The molecule has 0 aliphatic carbocycles. The summed E-state index contributed by atoms with van der Waals surface area (Å²) < 4.78 is 1.22. The highest BCUT2D eigenvalue weighted by Crippen LogP contribution is 2.12. The highest BCUT2D eigenvalue weighted by atomic mass is 127. The summed E-state index contributed by atoms with van der Waals surface area (Å²) in [6.45, 7) is 2.11. The Bertz CT molecular complexity index is 809. The second-order valence-electron chi connectivity index (χ2n) is 5.31. The lowest BCUT2D eigenvalue weighted by atomic mass is 10.1. The van der Waals surface area contributed by atoms with Crippen LogP contribution in [0.15, 0.2) is 78.9 Å². The molecule has 0 heterocycles. The largest absolute Gasteiger partial charge is 0.285 e. The molecule has 23 heavy (non-hydrogen) atoms. The molecule has 0 aromatic heterocycles. The van der Waals surface area contributed by atoms with E-state index < -0.39 is 0 Å². The summed E-state index contributed by atoms with van der Waals surface area (Å²) in [7, 11) is 0. The van der Waals surface area contributed by atoms with E-state index in [-0.39, 0.29) is 0 Å². The van der Waals surface area contributed by atoms with E-state index in [1.165, 1.54) is 9.13 Å². The van der Waals surface area contributed by atoms with Gasteiger partial charge in [-0.1, -0.05) is 36.4 Å². The van der Waals surface area contributed by atoms with Crippen LogP contribution in [0, 0.1) is 10.5 Å². The van der Waals surface area contributed by atoms with Crippen LogP contribution in [0.3, 0.4) is 0 Å². The number of hydrogen-bond acceptors (Lipinski definition) is 0. The summed E-state index contributed by atoms with van der Waals surface area (Å²) in [6.07, 6.45) is 0. The Morgan fingerprint density at radius 3 is 2.17 bits per heavy atom. The van der Waals surface area contributed by atoms with Crippen LogP contribution in [0.4, 0.5) is 11.4 Å². The van der Waals surface area contributed by atoms with Crippen molar-refractivity contribution in [3.8, 4) is 0 Å². The van der Waals surface area contributed by atoms with Gasteiger partial charge in [-0.25, -0.2) is 10.3 Å². The van der Waals surface area contributed by atoms with Crippen molar-refractivity contribution in [2.45, 2.75) is 6.92 Å². The number of nitrogens with one attached hydrogen (secondary N) is 2. The lowest BCUT2D eigenvalue weighted by Gasteiger charge is -2.05. The Morgan fingerprint density at radius 2 is 1.48 bits per heavy atom. The maximum Gasteiger partial charge on any atom is 0.285 e. The molecule has 0 amide bonds. The third-order valence-corrected chi connectivity index (χ3v) is 4.30. The molecule has 0 aliphatic heterocycles. The van der Waals surface area contributed by atoms with Crippen LogP contribution < -0.4 is 10.3 Å². The van der Waals surface area contributed by atoms with Gasteiger partial charge in [-0.05, 0) is 77.5 Å². The third-order valence-electron chi connectivity index (χ3n) is 3.58. The number of rotatable bonds is 3. The molecule has 0 unspecified atom stereocenters. The SMILES string of the molecule is Cc1ccccc1[NH+]=C(Nc1ccc(I)cc1)c1ccccc1. The van der Waals surface area contributed by atoms with Gasteiger partial charge in [-0.2, -0.15) is 0 Å². The van der Waals surface area contributed by atoms with Crippen LogP contribution in [0.1, 0.15) is 11.1 Å². The number of para-hydroxylation sites is 1. The maximum absolute atomic E-state index is 3.53. The quantitative estimate of drug-likeness (QED) is 0.381. The molecule has 0 radical (unpaired) electrons. The molecule has 3 aromatic carbocycles. The van der Waals surface area contributed by atoms with E-state index in [9.17, 15) is 0 Å². The van der Waals surface area contributed by atoms with Gasteiger partial charge >= 0.3 is 0 Å². The molecule has 0 saturated carbocycles. The molecule has 0 bridgehead atoms. The standard InChI is InChI=1S/C20H17IN2/c1-15-7-5-6-10-19(15)23-20(16-8-3-2-4-9-16)22-18-13-11-17(21)12-14-18/h2-14H,1H3,(H,22,23)/p+1. The van der Waals surface area contributed by atoms with Crippen molar-refractivity contribution in [1.82, 2.24) is 0 Å². The van der Waals surface area contributed by atoms with Gasteiger partial charge in [0, 0.05) is 3.57 Å². The van der Waals surface area contributed by atoms with E-state index in [0.29, 0.717) is 0 Å². The average Bonchev–Trinajstić information content (AvgIpc) is 2.59. The van der Waals surface area contributed by atoms with E-state index in [4.69, 9.17) is 0 Å². The van der Waals surface area contributed by atoms with Crippen molar-refractivity contribution >= 4 is 39.8 Å². The summed E-state index contributed by atoms with van der Waals surface area (Å²) in [4.78, 5) is 3.53. The van der Waals surface area contributed by atoms with Gasteiger partial charge in [0.25, 0.3) is 5.84 Å². The molecule has 0 fully saturated rings. The molecule has 3 rings (SSSR count). The molecule has 2 N–H and O–H groups in total. The molecule has 3 heteroatoms. The van der Waals surface area contributed by atoms with Crippen molar-refractivity contribution in [3.63, 3.8) is 0 Å². The smallest absolute Gasteiger partial charge is 0.240 e. The topological polar surface area (TPSA) is 26.0 Å². The molecule has 114 valence electrons. The fourth-order valence-electron chi connectivity index (χ4n) is 2.31. The highest BCUT2D eigenvalue weighted by molar-refractivity contribution is 14.1. The van der Waals surface area contributed by atoms with Crippen molar-refractivity contribution in [1.29, 1.82) is 0 Å². The fourth-order valence-corrected chi connectivity index (χ4v) is 2.67. The fraction of sp³-hybridized carbons (Fsp3) is 0.0500. The summed E-state index contributed by atoms with van der Waals surface area (Å²) in [6, 6.07) is 27.0. The first-order chi connectivity index (χ1) is 11.2. The van der Waals surface area contributed by atoms with Gasteiger partial charge in [0.15, 0.2) is 0 Å². The Balaban J connectivity index is 2.00. The van der Waals surface area contributed by atoms with E-state index >= 15 is 0 Å². The Hall–Kier alpha value is -2.14. The summed E-state index contributed by atoms with van der Waals surface area (Å²) in [5.74, 6) is 0.973. The summed E-state index contributed by atoms with van der Waals surface area (Å²) in [5.41, 5.74) is 4.49. The highest BCUT2D eigenvalue weighted by Gasteiger charge is 2.12. The molecule has 2 nitrogen and oxygen atoms in total. The van der Waals surface area contributed by atoms with Crippen LogP contribution in [0.5, 0.6) is 0 Å². The molecule has 0 atom stereocenters. The van der Waals surface area contributed by atoms with Crippen molar-refractivity contribution in [2.75, 3.05) is 5.32 Å². The number of amidine groups is 1. The molecule has 0 spiro atoms. The lowest BCUT2D eigenvalue weighted by Crippen LogP contribution is -2.69. The number of hydrogen-bond donors (Lipinski definition) is 2. The van der Waals surface area contributed by atoms with E-state index in [1.54, 1.807) is 0 Å². The van der Waals surface area contributed by atoms with Gasteiger partial charge in [0.2, 0.25) is 0 Å². The van der Waals surface area contributed by atoms with E-state index in [2.05, 4.69) is 94.4 Å². The first kappa shape index (κ1) is 15.7. The third kappa shape index (κ3) is 4.20. The lowest BCUT2D eigenvalue weighted by molar-refractivity contribution is -0.353. The second-order valence-corrected chi connectivity index (χ2v) is 6.56. The van der Waals surface area contributed by atoms with E-state index in [0.717, 1.165) is 22.8 Å². The van der Waals surface area contributed by atoms with Crippen molar-refractivity contribution in [3.05, 3.63) is 93.6 Å². The van der Waals surface area contributed by atoms with Crippen molar-refractivity contribution < 1.29 is 4.99 Å². The molecular weight excluding hydrogens is 395 g/mol. The summed E-state index contributed by atoms with van der Waals surface area (Å²) >= 11 is 2.31. The zero-order valence-corrected chi connectivity index (χ0v) is 15.0. The van der Waals surface area contributed by atoms with Gasteiger partial charge in [0.05, 0.1) is 5.56 Å². The maximum atomic E-state index is 3.53. The minimum absolute atomic E-state index is 0.973. The Labute approximate surface area is 150 Å². The number of aryl methyl sites for hydroxylation is 1. The van der Waals surface area contributed by atoms with Gasteiger partial charge in [-0.3, -0.25) is 0 Å². The normalized spacial score (nSPS) is 11.3. The minimum Gasteiger partial charge on any atom is -0.240 e. The predicted octanol–water partition coefficient (Wildman–Crippen LogP) is 3.87. The number of benzene rings is 3. The molecule has 0 saturated heterocycles. The van der Waals surface area contributed by atoms with Gasteiger partial charge < -0.3 is 0 Å². The number of anilines is 1. The Kier molecular flexibility index (Phi) is 5.08. The first-order valence-corrected chi connectivity index (χ1v) is 8.58. The van der Waals surface area contributed by atoms with Crippen molar-refractivity contribution in [2.24, 2.45) is 0 Å². The van der Waals surface area contributed by atoms with E-state index in [1.807, 2.05) is 24.3 Å². The van der Waals surface area contributed by atoms with Gasteiger partial charge in [-0.15, -0.1) is 0 Å². The van der Waals surface area contributed by atoms with Crippen LogP contribution in [0.2, 0.25) is 0 Å². The molecule has 3 aromatic rings. The monoisotopic (exact) mass is 413 g/mol. The van der Waals surface area contributed by atoms with Crippen LogP contribution in [0.25, 0.3) is 0 Å². The van der Waals surface area contributed by atoms with Crippen LogP contribution >= 0.6 is 22.6 Å². The second kappa shape index (κ2) is 7.42. The average molecular weight is 413 g/mol. The Morgan fingerprint density at radius 1 is 0.826 bits per heavy atom. The molecular formula is C20H18IN2+. The predicted molar refractivity (Wildman–Crippen MR) is 105 cm³/mol. The van der Waals surface area contributed by atoms with Crippen LogP contribution in [-0.4, -0.2) is 5.84 Å². The zero-order chi connectivity index (χ0) is 16.1. The van der Waals surface area contributed by atoms with Gasteiger partial charge in [0.1, 0.15) is 11.4 Å².